The van der Waals surface area contributed by atoms with E-state index < -0.39 is 5.82 Å². The lowest BCUT2D eigenvalue weighted by molar-refractivity contribution is 0.624. The fourth-order valence-corrected chi connectivity index (χ4v) is 1.91. The molecule has 6 heteroatoms. The first-order valence-corrected chi connectivity index (χ1v) is 6.27. The zero-order chi connectivity index (χ0) is 14.1. The third kappa shape index (κ3) is 2.52. The van der Waals surface area contributed by atoms with Crippen molar-refractivity contribution in [2.45, 2.75) is 18.8 Å². The summed E-state index contributed by atoms with van der Waals surface area (Å²) in [5, 5.41) is 11.8. The predicted molar refractivity (Wildman–Crippen MR) is 72.8 cm³/mol. The van der Waals surface area contributed by atoms with Gasteiger partial charge >= 0.3 is 0 Å². The van der Waals surface area contributed by atoms with Crippen LogP contribution in [0.1, 0.15) is 30.1 Å². The Morgan fingerprint density at radius 3 is 2.80 bits per heavy atom. The maximum Gasteiger partial charge on any atom is 0.141 e. The van der Waals surface area contributed by atoms with E-state index in [4.69, 9.17) is 11.0 Å². The zero-order valence-electron chi connectivity index (χ0n) is 10.6. The molecular formula is C14H12FN5. The monoisotopic (exact) mass is 269 g/mol. The molecule has 1 saturated carbocycles. The number of aromatic nitrogens is 2. The number of halogens is 1. The Kier molecular flexibility index (Phi) is 2.95. The number of rotatable bonds is 3. The van der Waals surface area contributed by atoms with Crippen LogP contribution in [0.15, 0.2) is 24.3 Å². The molecule has 0 radical (unpaired) electrons. The standard InChI is InChI=1S/C14H12FN5/c15-11-4-3-10(5-9(11)7-16)18-13-6-12(17)19-14(20-13)8-1-2-8/h3-6,8H,1-2H2,(H3,17,18,19,20). The summed E-state index contributed by atoms with van der Waals surface area (Å²) < 4.78 is 13.3. The van der Waals surface area contributed by atoms with Gasteiger partial charge in [0.2, 0.25) is 0 Å². The molecule has 5 nitrogen and oxygen atoms in total. The summed E-state index contributed by atoms with van der Waals surface area (Å²) in [5.74, 6) is 1.53. The van der Waals surface area contributed by atoms with Crippen LogP contribution in [0.25, 0.3) is 0 Å². The Morgan fingerprint density at radius 1 is 1.30 bits per heavy atom. The Balaban J connectivity index is 1.89. The van der Waals surface area contributed by atoms with Crippen LogP contribution in [0.4, 0.5) is 21.7 Å². The molecule has 0 amide bonds. The molecule has 1 aromatic heterocycles. The molecule has 0 spiro atoms. The molecule has 1 aliphatic rings. The van der Waals surface area contributed by atoms with Gasteiger partial charge in [-0.3, -0.25) is 0 Å². The second-order valence-corrected chi connectivity index (χ2v) is 4.74. The molecule has 2 aromatic rings. The minimum absolute atomic E-state index is 0.0144. The van der Waals surface area contributed by atoms with E-state index in [1.807, 2.05) is 0 Å². The Bertz CT molecular complexity index is 703. The Hall–Kier alpha value is -2.68. The average Bonchev–Trinajstić information content (AvgIpc) is 3.25. The van der Waals surface area contributed by atoms with E-state index >= 15 is 0 Å². The molecule has 0 aliphatic heterocycles. The summed E-state index contributed by atoms with van der Waals surface area (Å²) >= 11 is 0. The topological polar surface area (TPSA) is 87.6 Å². The first-order chi connectivity index (χ1) is 9.65. The molecule has 3 rings (SSSR count). The minimum Gasteiger partial charge on any atom is -0.384 e. The summed E-state index contributed by atoms with van der Waals surface area (Å²) in [6.45, 7) is 0. The fraction of sp³-hybridized carbons (Fsp3) is 0.214. The maximum atomic E-state index is 13.3. The molecule has 100 valence electrons. The summed E-state index contributed by atoms with van der Waals surface area (Å²) in [6.07, 6.45) is 2.16. The van der Waals surface area contributed by atoms with Gasteiger partial charge in [0.25, 0.3) is 0 Å². The van der Waals surface area contributed by atoms with Crippen LogP contribution in [-0.2, 0) is 0 Å². The second kappa shape index (κ2) is 4.78. The van der Waals surface area contributed by atoms with E-state index in [2.05, 4.69) is 15.3 Å². The van der Waals surface area contributed by atoms with E-state index in [1.54, 1.807) is 18.2 Å². The van der Waals surface area contributed by atoms with Crippen LogP contribution >= 0.6 is 0 Å². The highest BCUT2D eigenvalue weighted by Crippen LogP contribution is 2.38. The Labute approximate surface area is 115 Å². The van der Waals surface area contributed by atoms with Crippen LogP contribution in [0.5, 0.6) is 0 Å². The summed E-state index contributed by atoms with van der Waals surface area (Å²) in [6, 6.07) is 7.64. The minimum atomic E-state index is -0.543. The largest absolute Gasteiger partial charge is 0.384 e. The van der Waals surface area contributed by atoms with Gasteiger partial charge < -0.3 is 11.1 Å². The van der Waals surface area contributed by atoms with Crippen molar-refractivity contribution in [2.75, 3.05) is 11.1 Å². The highest BCUT2D eigenvalue weighted by Gasteiger charge is 2.27. The highest BCUT2D eigenvalue weighted by molar-refractivity contribution is 5.60. The first kappa shape index (κ1) is 12.4. The van der Waals surface area contributed by atoms with E-state index in [0.717, 1.165) is 18.7 Å². The van der Waals surface area contributed by atoms with Crippen molar-refractivity contribution in [1.82, 2.24) is 9.97 Å². The summed E-state index contributed by atoms with van der Waals surface area (Å²) in [5.41, 5.74) is 6.33. The molecular weight excluding hydrogens is 257 g/mol. The van der Waals surface area contributed by atoms with Crippen LogP contribution < -0.4 is 11.1 Å². The lowest BCUT2D eigenvalue weighted by Gasteiger charge is -2.08. The number of nitriles is 1. The highest BCUT2D eigenvalue weighted by atomic mass is 19.1. The van der Waals surface area contributed by atoms with Crippen molar-refractivity contribution in [1.29, 1.82) is 5.26 Å². The van der Waals surface area contributed by atoms with Crippen LogP contribution in [0.3, 0.4) is 0 Å². The van der Waals surface area contributed by atoms with Gasteiger partial charge in [-0.2, -0.15) is 5.26 Å². The van der Waals surface area contributed by atoms with E-state index in [-0.39, 0.29) is 5.56 Å². The number of nitrogens with one attached hydrogen (secondary N) is 1. The Morgan fingerprint density at radius 2 is 2.10 bits per heavy atom. The third-order valence-electron chi connectivity index (χ3n) is 3.06. The van der Waals surface area contributed by atoms with Gasteiger partial charge in [0.1, 0.15) is 29.3 Å². The van der Waals surface area contributed by atoms with E-state index in [1.165, 1.54) is 12.1 Å². The molecule has 0 saturated heterocycles. The number of anilines is 3. The van der Waals surface area contributed by atoms with Gasteiger partial charge in [0.15, 0.2) is 0 Å². The number of hydrogen-bond acceptors (Lipinski definition) is 5. The van der Waals surface area contributed by atoms with Gasteiger partial charge in [0, 0.05) is 17.7 Å². The van der Waals surface area contributed by atoms with Crippen molar-refractivity contribution in [3.8, 4) is 6.07 Å². The van der Waals surface area contributed by atoms with Crippen molar-refractivity contribution in [2.24, 2.45) is 0 Å². The molecule has 3 N–H and O–H groups in total. The normalized spacial score (nSPS) is 13.8. The van der Waals surface area contributed by atoms with Crippen LogP contribution in [0, 0.1) is 17.1 Å². The smallest absolute Gasteiger partial charge is 0.141 e. The van der Waals surface area contributed by atoms with Crippen molar-refractivity contribution >= 4 is 17.3 Å². The van der Waals surface area contributed by atoms with Crippen LogP contribution in [-0.4, -0.2) is 9.97 Å². The number of nitrogen functional groups attached to an aromatic ring is 1. The molecule has 1 heterocycles. The molecule has 20 heavy (non-hydrogen) atoms. The molecule has 0 bridgehead atoms. The molecule has 1 fully saturated rings. The van der Waals surface area contributed by atoms with Crippen molar-refractivity contribution < 1.29 is 4.39 Å². The number of nitrogens with zero attached hydrogens (tertiary/aromatic N) is 3. The maximum absolute atomic E-state index is 13.3. The number of benzene rings is 1. The van der Waals surface area contributed by atoms with Gasteiger partial charge in [0.05, 0.1) is 5.56 Å². The van der Waals surface area contributed by atoms with Gasteiger partial charge in [-0.25, -0.2) is 14.4 Å². The van der Waals surface area contributed by atoms with Gasteiger partial charge in [-0.05, 0) is 31.0 Å². The van der Waals surface area contributed by atoms with Gasteiger partial charge in [-0.1, -0.05) is 0 Å². The van der Waals surface area contributed by atoms with E-state index in [0.29, 0.717) is 23.2 Å². The molecule has 1 aromatic carbocycles. The molecule has 0 atom stereocenters. The van der Waals surface area contributed by atoms with E-state index in [9.17, 15) is 4.39 Å². The van der Waals surface area contributed by atoms with Crippen molar-refractivity contribution in [3.05, 3.63) is 41.5 Å². The molecule has 1 aliphatic carbocycles. The summed E-state index contributed by atoms with van der Waals surface area (Å²) in [4.78, 5) is 8.59. The third-order valence-corrected chi connectivity index (χ3v) is 3.06. The number of hydrogen-bond donors (Lipinski definition) is 2. The molecule has 0 unspecified atom stereocenters. The lowest BCUT2D eigenvalue weighted by Crippen LogP contribution is -2.03. The van der Waals surface area contributed by atoms with Crippen molar-refractivity contribution in [3.63, 3.8) is 0 Å². The quantitative estimate of drug-likeness (QED) is 0.894. The van der Waals surface area contributed by atoms with Crippen LogP contribution in [0.2, 0.25) is 0 Å². The zero-order valence-corrected chi connectivity index (χ0v) is 10.6. The fourth-order valence-electron chi connectivity index (χ4n) is 1.91. The second-order valence-electron chi connectivity index (χ2n) is 4.74. The lowest BCUT2D eigenvalue weighted by atomic mass is 10.2. The SMILES string of the molecule is N#Cc1cc(Nc2cc(N)nc(C3CC3)n2)ccc1F. The van der Waals surface area contributed by atoms with Gasteiger partial charge in [-0.15, -0.1) is 0 Å². The summed E-state index contributed by atoms with van der Waals surface area (Å²) in [7, 11) is 0. The first-order valence-electron chi connectivity index (χ1n) is 6.27. The predicted octanol–water partition coefficient (Wildman–Crippen LogP) is 2.69. The average molecular weight is 269 g/mol. The number of nitrogens with two attached hydrogens (primary N) is 1.